The average Bonchev–Trinajstić information content (AvgIpc) is 2.11. The molecule has 0 fully saturated rings. The van der Waals surface area contributed by atoms with Gasteiger partial charge in [0.15, 0.2) is 0 Å². The molecule has 1 rings (SSSR count). The molecule has 0 saturated carbocycles. The monoisotopic (exact) mass is 262 g/mol. The highest BCUT2D eigenvalue weighted by Crippen LogP contribution is 2.29. The normalized spacial score (nSPS) is 15.2. The molecular weight excluding hydrogens is 251 g/mol. The first-order valence-corrected chi connectivity index (χ1v) is 4.82. The van der Waals surface area contributed by atoms with Crippen LogP contribution in [0.2, 0.25) is 0 Å². The van der Waals surface area contributed by atoms with Crippen molar-refractivity contribution in [3.63, 3.8) is 0 Å². The number of nitrogens with two attached hydrogens (primary N) is 2. The molecule has 0 heterocycles. The van der Waals surface area contributed by atoms with E-state index in [1.807, 2.05) is 0 Å². The Kier molecular flexibility index (Phi) is 3.14. The molecule has 78 valence electrons. The van der Waals surface area contributed by atoms with Crippen molar-refractivity contribution in [1.82, 2.24) is 0 Å². The van der Waals surface area contributed by atoms with E-state index in [-0.39, 0.29) is 16.8 Å². The zero-order valence-corrected chi connectivity index (χ0v) is 9.31. The number of anilines is 1. The summed E-state index contributed by atoms with van der Waals surface area (Å²) in [6.45, 7) is 1.37. The number of nitrogen functional groups attached to an aromatic ring is 1. The third kappa shape index (κ3) is 2.05. The number of rotatable bonds is 2. The Morgan fingerprint density at radius 3 is 2.64 bits per heavy atom. The summed E-state index contributed by atoms with van der Waals surface area (Å²) in [5, 5.41) is 9.04. The van der Waals surface area contributed by atoms with Gasteiger partial charge in [-0.1, -0.05) is 0 Å². The van der Waals surface area contributed by atoms with Crippen molar-refractivity contribution in [2.24, 2.45) is 5.73 Å². The lowest BCUT2D eigenvalue weighted by molar-refractivity contribution is 0.210. The lowest BCUT2D eigenvalue weighted by Gasteiger charge is -2.24. The molecule has 14 heavy (non-hydrogen) atoms. The summed E-state index contributed by atoms with van der Waals surface area (Å²) >= 11 is 3.03. The molecule has 1 unspecified atom stereocenters. The highest BCUT2D eigenvalue weighted by Gasteiger charge is 2.23. The van der Waals surface area contributed by atoms with Gasteiger partial charge in [-0.05, 0) is 40.5 Å². The van der Waals surface area contributed by atoms with Gasteiger partial charge in [0.05, 0.1) is 16.6 Å². The third-order valence-corrected chi connectivity index (χ3v) is 2.64. The second-order valence-corrected chi connectivity index (χ2v) is 4.28. The van der Waals surface area contributed by atoms with E-state index < -0.39 is 11.4 Å². The van der Waals surface area contributed by atoms with Crippen LogP contribution in [0, 0.1) is 5.82 Å². The van der Waals surface area contributed by atoms with Crippen molar-refractivity contribution in [3.05, 3.63) is 28.0 Å². The summed E-state index contributed by atoms with van der Waals surface area (Å²) < 4.78 is 13.3. The van der Waals surface area contributed by atoms with Crippen LogP contribution in [-0.2, 0) is 5.54 Å². The minimum Gasteiger partial charge on any atom is -0.398 e. The number of hydrogen-bond donors (Lipinski definition) is 3. The van der Waals surface area contributed by atoms with Gasteiger partial charge >= 0.3 is 0 Å². The van der Waals surface area contributed by atoms with Crippen LogP contribution in [0.25, 0.3) is 0 Å². The number of hydrogen-bond acceptors (Lipinski definition) is 3. The van der Waals surface area contributed by atoms with Gasteiger partial charge in [-0.25, -0.2) is 4.39 Å². The lowest BCUT2D eigenvalue weighted by Crippen LogP contribution is -2.37. The number of halogens is 2. The van der Waals surface area contributed by atoms with E-state index in [9.17, 15) is 4.39 Å². The van der Waals surface area contributed by atoms with Gasteiger partial charge in [-0.2, -0.15) is 0 Å². The Morgan fingerprint density at radius 1 is 1.57 bits per heavy atom. The predicted octanol–water partition coefficient (Wildman–Crippen LogP) is 1.34. The molecule has 0 spiro atoms. The van der Waals surface area contributed by atoms with Crippen LogP contribution >= 0.6 is 15.9 Å². The summed E-state index contributed by atoms with van der Waals surface area (Å²) in [6, 6.07) is 2.67. The zero-order chi connectivity index (χ0) is 10.9. The lowest BCUT2D eigenvalue weighted by atomic mass is 9.93. The number of aliphatic hydroxyl groups excluding tert-OH is 1. The molecule has 0 aliphatic rings. The second-order valence-electron chi connectivity index (χ2n) is 3.43. The summed E-state index contributed by atoms with van der Waals surface area (Å²) in [5.41, 5.74) is 11.2. The van der Waals surface area contributed by atoms with Gasteiger partial charge in [-0.15, -0.1) is 0 Å². The van der Waals surface area contributed by atoms with Crippen LogP contribution in [-0.4, -0.2) is 11.7 Å². The first-order chi connectivity index (χ1) is 6.38. The Balaban J connectivity index is 3.29. The SMILES string of the molecule is CC(N)(CO)c1cc(Br)c(F)cc1N. The van der Waals surface area contributed by atoms with Crippen molar-refractivity contribution >= 4 is 21.6 Å². The Morgan fingerprint density at radius 2 is 2.14 bits per heavy atom. The summed E-state index contributed by atoms with van der Waals surface area (Å²) in [4.78, 5) is 0. The number of benzene rings is 1. The maximum atomic E-state index is 13.0. The molecule has 5 N–H and O–H groups in total. The van der Waals surface area contributed by atoms with Crippen molar-refractivity contribution in [3.8, 4) is 0 Å². The van der Waals surface area contributed by atoms with Crippen molar-refractivity contribution in [2.45, 2.75) is 12.5 Å². The minimum atomic E-state index is -0.958. The summed E-state index contributed by atoms with van der Waals surface area (Å²) in [7, 11) is 0. The van der Waals surface area contributed by atoms with Crippen molar-refractivity contribution in [1.29, 1.82) is 0 Å². The summed E-state index contributed by atoms with van der Waals surface area (Å²) in [6.07, 6.45) is 0. The topological polar surface area (TPSA) is 72.3 Å². The van der Waals surface area contributed by atoms with E-state index in [1.54, 1.807) is 6.92 Å². The second kappa shape index (κ2) is 3.84. The molecule has 0 aliphatic carbocycles. The fourth-order valence-corrected chi connectivity index (χ4v) is 1.49. The van der Waals surface area contributed by atoms with Gasteiger partial charge in [0, 0.05) is 5.69 Å². The van der Waals surface area contributed by atoms with Crippen molar-refractivity contribution in [2.75, 3.05) is 12.3 Å². The zero-order valence-electron chi connectivity index (χ0n) is 7.72. The van der Waals surface area contributed by atoms with Gasteiger partial charge in [0.25, 0.3) is 0 Å². The van der Waals surface area contributed by atoms with Crippen LogP contribution in [0.1, 0.15) is 12.5 Å². The third-order valence-electron chi connectivity index (χ3n) is 2.04. The molecule has 5 heteroatoms. The predicted molar refractivity (Wildman–Crippen MR) is 57.1 cm³/mol. The average molecular weight is 263 g/mol. The first-order valence-electron chi connectivity index (χ1n) is 4.03. The van der Waals surface area contributed by atoms with Crippen LogP contribution in [0.15, 0.2) is 16.6 Å². The van der Waals surface area contributed by atoms with Gasteiger partial charge in [-0.3, -0.25) is 0 Å². The Labute approximate surface area is 90.0 Å². The van der Waals surface area contributed by atoms with E-state index in [0.717, 1.165) is 0 Å². The summed E-state index contributed by atoms with van der Waals surface area (Å²) in [5.74, 6) is -0.444. The largest absolute Gasteiger partial charge is 0.398 e. The van der Waals surface area contributed by atoms with E-state index in [1.165, 1.54) is 12.1 Å². The first kappa shape index (κ1) is 11.4. The van der Waals surface area contributed by atoms with Crippen LogP contribution in [0.3, 0.4) is 0 Å². The van der Waals surface area contributed by atoms with Gasteiger partial charge in [0.1, 0.15) is 5.82 Å². The molecular formula is C9H12BrFN2O. The van der Waals surface area contributed by atoms with E-state index >= 15 is 0 Å². The maximum Gasteiger partial charge on any atom is 0.139 e. The Hall–Kier alpha value is -0.650. The molecule has 0 aromatic heterocycles. The quantitative estimate of drug-likeness (QED) is 0.705. The maximum absolute atomic E-state index is 13.0. The van der Waals surface area contributed by atoms with Crippen LogP contribution in [0.4, 0.5) is 10.1 Å². The molecule has 0 aliphatic heterocycles. The molecule has 3 nitrogen and oxygen atoms in total. The van der Waals surface area contributed by atoms with Gasteiger partial charge < -0.3 is 16.6 Å². The fourth-order valence-electron chi connectivity index (χ4n) is 1.14. The van der Waals surface area contributed by atoms with E-state index in [4.69, 9.17) is 16.6 Å². The molecule has 0 amide bonds. The molecule has 0 saturated heterocycles. The molecule has 1 aromatic carbocycles. The Bertz CT molecular complexity index is 355. The highest BCUT2D eigenvalue weighted by atomic mass is 79.9. The number of aliphatic hydroxyl groups is 1. The molecule has 1 aromatic rings. The molecule has 0 bridgehead atoms. The van der Waals surface area contributed by atoms with Crippen LogP contribution < -0.4 is 11.5 Å². The smallest absolute Gasteiger partial charge is 0.139 e. The van der Waals surface area contributed by atoms with Crippen LogP contribution in [0.5, 0.6) is 0 Å². The standard InChI is InChI=1S/C9H12BrFN2O/c1-9(13,4-14)5-2-6(10)7(11)3-8(5)12/h2-3,14H,4,12-13H2,1H3. The molecule has 0 radical (unpaired) electrons. The van der Waals surface area contributed by atoms with Gasteiger partial charge in [0.2, 0.25) is 0 Å². The molecule has 1 atom stereocenters. The fraction of sp³-hybridized carbons (Fsp3) is 0.333. The van der Waals surface area contributed by atoms with E-state index in [0.29, 0.717) is 5.56 Å². The highest BCUT2D eigenvalue weighted by molar-refractivity contribution is 9.10. The minimum absolute atomic E-state index is 0.241. The van der Waals surface area contributed by atoms with Crippen molar-refractivity contribution < 1.29 is 9.50 Å². The van der Waals surface area contributed by atoms with E-state index in [2.05, 4.69) is 15.9 Å².